The van der Waals surface area contributed by atoms with Crippen molar-refractivity contribution in [3.05, 3.63) is 71.6 Å². The van der Waals surface area contributed by atoms with E-state index in [1.807, 2.05) is 18.2 Å². The van der Waals surface area contributed by atoms with Gasteiger partial charge in [0.15, 0.2) is 5.69 Å². The Labute approximate surface area is 198 Å². The van der Waals surface area contributed by atoms with Crippen LogP contribution in [0.25, 0.3) is 4.85 Å². The van der Waals surface area contributed by atoms with E-state index in [-0.39, 0.29) is 6.04 Å². The number of ether oxygens (including phenoxy) is 1. The Morgan fingerprint density at radius 2 is 1.82 bits per heavy atom. The Kier molecular flexibility index (Phi) is 8.00. The molecule has 2 aliphatic heterocycles. The number of nitriles is 1. The van der Waals surface area contributed by atoms with Crippen molar-refractivity contribution in [1.82, 2.24) is 10.2 Å². The molecule has 2 saturated heterocycles. The van der Waals surface area contributed by atoms with E-state index < -0.39 is 5.41 Å². The van der Waals surface area contributed by atoms with E-state index in [2.05, 4.69) is 45.4 Å². The fourth-order valence-electron chi connectivity index (χ4n) is 5.62. The molecule has 0 aliphatic carbocycles. The molecule has 0 saturated carbocycles. The molecule has 0 bridgehead atoms. The summed E-state index contributed by atoms with van der Waals surface area (Å²) >= 11 is 0. The molecule has 172 valence electrons. The van der Waals surface area contributed by atoms with Gasteiger partial charge in [-0.25, -0.2) is 4.85 Å². The monoisotopic (exact) mass is 442 g/mol. The van der Waals surface area contributed by atoms with Crippen molar-refractivity contribution in [3.63, 3.8) is 0 Å². The van der Waals surface area contributed by atoms with Gasteiger partial charge in [0.2, 0.25) is 0 Å². The third kappa shape index (κ3) is 5.38. The van der Waals surface area contributed by atoms with Crippen molar-refractivity contribution < 1.29 is 4.74 Å². The standard InChI is InChI=1S/C28H34N4O/c1-30-25-11-13-26(14-12-25)33-21-7-18-32-19-15-24(16-20-32)28(22-29,23-8-3-2-4-9-23)27-10-5-6-17-31-27/h2-4,8-9,11-14,24,27,31H,5-7,10,15-21H2. The van der Waals surface area contributed by atoms with Crippen LogP contribution in [0, 0.1) is 23.8 Å². The van der Waals surface area contributed by atoms with Crippen LogP contribution in [-0.4, -0.2) is 43.7 Å². The summed E-state index contributed by atoms with van der Waals surface area (Å²) in [5.74, 6) is 1.19. The van der Waals surface area contributed by atoms with E-state index in [0.717, 1.165) is 57.6 Å². The molecule has 2 fully saturated rings. The zero-order chi connectivity index (χ0) is 22.9. The van der Waals surface area contributed by atoms with E-state index in [1.54, 1.807) is 12.1 Å². The number of nitrogens with one attached hydrogen (secondary N) is 1. The number of nitrogens with zero attached hydrogens (tertiary/aromatic N) is 3. The van der Waals surface area contributed by atoms with E-state index >= 15 is 0 Å². The minimum atomic E-state index is -0.450. The highest BCUT2D eigenvalue weighted by molar-refractivity contribution is 5.47. The number of rotatable bonds is 8. The van der Waals surface area contributed by atoms with Crippen molar-refractivity contribution in [3.8, 4) is 11.8 Å². The van der Waals surface area contributed by atoms with Crippen LogP contribution in [0.4, 0.5) is 5.69 Å². The van der Waals surface area contributed by atoms with Crippen LogP contribution in [-0.2, 0) is 5.41 Å². The predicted octanol–water partition coefficient (Wildman–Crippen LogP) is 5.32. The molecule has 2 heterocycles. The quantitative estimate of drug-likeness (QED) is 0.444. The average molecular weight is 443 g/mol. The summed E-state index contributed by atoms with van der Waals surface area (Å²) in [6, 6.07) is 20.9. The van der Waals surface area contributed by atoms with Gasteiger partial charge in [-0.1, -0.05) is 48.9 Å². The molecule has 5 heteroatoms. The van der Waals surface area contributed by atoms with E-state index in [0.29, 0.717) is 18.2 Å². The van der Waals surface area contributed by atoms with Gasteiger partial charge >= 0.3 is 0 Å². The molecule has 2 atom stereocenters. The minimum absolute atomic E-state index is 0.234. The highest BCUT2D eigenvalue weighted by Crippen LogP contribution is 2.43. The molecule has 2 aromatic carbocycles. The van der Waals surface area contributed by atoms with Gasteiger partial charge in [0.05, 0.1) is 19.2 Å². The summed E-state index contributed by atoms with van der Waals surface area (Å²) in [5, 5.41) is 14.3. The maximum atomic E-state index is 10.6. The smallest absolute Gasteiger partial charge is 0.187 e. The van der Waals surface area contributed by atoms with E-state index in [9.17, 15) is 5.26 Å². The lowest BCUT2D eigenvalue weighted by Gasteiger charge is -2.46. The van der Waals surface area contributed by atoms with Crippen LogP contribution in [0.15, 0.2) is 54.6 Å². The van der Waals surface area contributed by atoms with Gasteiger partial charge in [-0.15, -0.1) is 0 Å². The summed E-state index contributed by atoms with van der Waals surface area (Å²) in [5.41, 5.74) is 1.37. The largest absolute Gasteiger partial charge is 0.494 e. The van der Waals surface area contributed by atoms with Crippen molar-refractivity contribution in [1.29, 1.82) is 5.26 Å². The lowest BCUT2D eigenvalue weighted by Crippen LogP contribution is -2.56. The predicted molar refractivity (Wildman–Crippen MR) is 131 cm³/mol. The van der Waals surface area contributed by atoms with Gasteiger partial charge < -0.3 is 15.0 Å². The third-order valence-corrected chi connectivity index (χ3v) is 7.38. The number of piperidine rings is 2. The topological polar surface area (TPSA) is 52.6 Å². The van der Waals surface area contributed by atoms with Gasteiger partial charge in [-0.2, -0.15) is 5.26 Å². The second kappa shape index (κ2) is 11.3. The Balaban J connectivity index is 1.32. The highest BCUT2D eigenvalue weighted by atomic mass is 16.5. The van der Waals surface area contributed by atoms with Gasteiger partial charge in [-0.3, -0.25) is 0 Å². The van der Waals surface area contributed by atoms with Crippen LogP contribution in [0.2, 0.25) is 0 Å². The summed E-state index contributed by atoms with van der Waals surface area (Å²) in [4.78, 5) is 5.93. The number of hydrogen-bond donors (Lipinski definition) is 1. The van der Waals surface area contributed by atoms with Crippen LogP contribution in [0.3, 0.4) is 0 Å². The first-order chi connectivity index (χ1) is 16.3. The molecular weight excluding hydrogens is 408 g/mol. The Morgan fingerprint density at radius 3 is 2.45 bits per heavy atom. The van der Waals surface area contributed by atoms with Crippen LogP contribution >= 0.6 is 0 Å². The van der Waals surface area contributed by atoms with E-state index in [1.165, 1.54) is 18.4 Å². The minimum Gasteiger partial charge on any atom is -0.494 e. The third-order valence-electron chi connectivity index (χ3n) is 7.38. The molecule has 2 aromatic rings. The van der Waals surface area contributed by atoms with Gasteiger partial charge in [0.25, 0.3) is 0 Å². The second-order valence-corrected chi connectivity index (χ2v) is 9.27. The molecule has 0 spiro atoms. The van der Waals surface area contributed by atoms with Gasteiger partial charge in [0.1, 0.15) is 11.2 Å². The SMILES string of the molecule is [C-]#[N+]c1ccc(OCCCN2CCC(C(C#N)(c3ccccc3)C3CCCCN3)CC2)cc1. The van der Waals surface area contributed by atoms with Crippen molar-refractivity contribution in [2.75, 3.05) is 32.8 Å². The Bertz CT molecular complexity index is 948. The molecule has 5 nitrogen and oxygen atoms in total. The van der Waals surface area contributed by atoms with Crippen LogP contribution in [0.1, 0.15) is 44.1 Å². The molecule has 4 rings (SSSR count). The fourth-order valence-corrected chi connectivity index (χ4v) is 5.62. The zero-order valence-electron chi connectivity index (χ0n) is 19.4. The zero-order valence-corrected chi connectivity index (χ0v) is 19.4. The summed E-state index contributed by atoms with van der Waals surface area (Å²) < 4.78 is 5.85. The molecule has 2 unspecified atom stereocenters. The van der Waals surface area contributed by atoms with E-state index in [4.69, 9.17) is 11.3 Å². The second-order valence-electron chi connectivity index (χ2n) is 9.27. The maximum Gasteiger partial charge on any atom is 0.187 e. The first kappa shape index (κ1) is 23.3. The van der Waals surface area contributed by atoms with Gasteiger partial charge in [0, 0.05) is 12.6 Å². The maximum absolute atomic E-state index is 10.6. The molecule has 0 amide bonds. The van der Waals surface area contributed by atoms with Crippen LogP contribution < -0.4 is 10.1 Å². The average Bonchev–Trinajstić information content (AvgIpc) is 2.90. The first-order valence-corrected chi connectivity index (χ1v) is 12.3. The summed E-state index contributed by atoms with van der Waals surface area (Å²) in [7, 11) is 0. The Morgan fingerprint density at radius 1 is 1.06 bits per heavy atom. The number of hydrogen-bond acceptors (Lipinski definition) is 4. The number of benzene rings is 2. The van der Waals surface area contributed by atoms with Crippen molar-refractivity contribution in [2.45, 2.75) is 50.0 Å². The highest BCUT2D eigenvalue weighted by Gasteiger charge is 2.48. The van der Waals surface area contributed by atoms with Crippen LogP contribution in [0.5, 0.6) is 5.75 Å². The molecule has 33 heavy (non-hydrogen) atoms. The first-order valence-electron chi connectivity index (χ1n) is 12.3. The lowest BCUT2D eigenvalue weighted by molar-refractivity contribution is 0.115. The molecule has 2 aliphatic rings. The van der Waals surface area contributed by atoms with Gasteiger partial charge in [-0.05, 0) is 75.4 Å². The normalized spacial score (nSPS) is 21.5. The molecule has 1 N–H and O–H groups in total. The summed E-state index contributed by atoms with van der Waals surface area (Å²) in [6.07, 6.45) is 6.57. The van der Waals surface area contributed by atoms with Crippen molar-refractivity contribution >= 4 is 5.69 Å². The lowest BCUT2D eigenvalue weighted by atomic mass is 9.62. The summed E-state index contributed by atoms with van der Waals surface area (Å²) in [6.45, 7) is 11.8. The number of likely N-dealkylation sites (tertiary alicyclic amines) is 1. The molecule has 0 radical (unpaired) electrons. The molecular formula is C28H34N4O. The fraction of sp³-hybridized carbons (Fsp3) is 0.500. The Hall–Kier alpha value is -2.86. The van der Waals surface area contributed by atoms with Crippen molar-refractivity contribution in [2.24, 2.45) is 5.92 Å². The molecule has 0 aromatic heterocycles.